The van der Waals surface area contributed by atoms with E-state index < -0.39 is 11.9 Å². The average molecular weight is 291 g/mol. The van der Waals surface area contributed by atoms with Crippen LogP contribution in [0, 0.1) is 5.92 Å². The lowest BCUT2D eigenvalue weighted by atomic mass is 9.84. The molecule has 6 nitrogen and oxygen atoms in total. The van der Waals surface area contributed by atoms with Crippen molar-refractivity contribution >= 4 is 23.5 Å². The van der Waals surface area contributed by atoms with E-state index in [0.29, 0.717) is 0 Å². The number of benzene rings is 1. The fourth-order valence-electron chi connectivity index (χ4n) is 2.09. The van der Waals surface area contributed by atoms with Gasteiger partial charge in [0.05, 0.1) is 31.0 Å². The van der Waals surface area contributed by atoms with Crippen LogP contribution in [-0.4, -0.2) is 32.1 Å². The van der Waals surface area contributed by atoms with Crippen LogP contribution in [-0.2, 0) is 14.3 Å². The number of methoxy groups -OCH3 is 2. The van der Waals surface area contributed by atoms with Gasteiger partial charge in [0.1, 0.15) is 0 Å². The van der Waals surface area contributed by atoms with Gasteiger partial charge >= 0.3 is 11.9 Å². The molecule has 0 radical (unpaired) electrons. The molecular weight excluding hydrogens is 274 g/mol. The quantitative estimate of drug-likeness (QED) is 0.858. The summed E-state index contributed by atoms with van der Waals surface area (Å²) in [4.78, 5) is 35.3. The lowest BCUT2D eigenvalue weighted by Crippen LogP contribution is -2.29. The van der Waals surface area contributed by atoms with Crippen LogP contribution < -0.4 is 5.32 Å². The Morgan fingerprint density at radius 1 is 1.10 bits per heavy atom. The van der Waals surface area contributed by atoms with Crippen molar-refractivity contribution in [2.45, 2.75) is 19.3 Å². The summed E-state index contributed by atoms with van der Waals surface area (Å²) >= 11 is 0. The second-order valence-electron chi connectivity index (χ2n) is 4.86. The fourth-order valence-corrected chi connectivity index (χ4v) is 2.09. The van der Waals surface area contributed by atoms with E-state index in [1.807, 2.05) is 0 Å². The van der Waals surface area contributed by atoms with Crippen LogP contribution in [0.1, 0.15) is 40.0 Å². The normalized spacial score (nSPS) is 14.0. The molecule has 1 aliphatic carbocycles. The maximum Gasteiger partial charge on any atom is 0.339 e. The molecule has 1 fully saturated rings. The summed E-state index contributed by atoms with van der Waals surface area (Å²) in [5, 5.41) is 2.70. The van der Waals surface area contributed by atoms with Crippen LogP contribution in [0.25, 0.3) is 0 Å². The summed E-state index contributed by atoms with van der Waals surface area (Å²) in [6.07, 6.45) is 2.72. The highest BCUT2D eigenvalue weighted by Crippen LogP contribution is 2.28. The standard InChI is InChI=1S/C15H17NO5/c1-20-14(18)10-6-7-11(15(19)21-2)12(8-10)16-13(17)9-4-3-5-9/h6-9H,3-5H2,1-2H3,(H,16,17). The Bertz CT molecular complexity index is 577. The number of amides is 1. The molecule has 1 amide bonds. The lowest BCUT2D eigenvalue weighted by molar-refractivity contribution is -0.122. The maximum absolute atomic E-state index is 12.0. The number of ether oxygens (including phenoxy) is 2. The molecule has 0 unspecified atom stereocenters. The van der Waals surface area contributed by atoms with Gasteiger partial charge < -0.3 is 14.8 Å². The van der Waals surface area contributed by atoms with Crippen molar-refractivity contribution in [1.29, 1.82) is 0 Å². The third-order valence-electron chi connectivity index (χ3n) is 3.58. The number of nitrogens with one attached hydrogen (secondary N) is 1. The summed E-state index contributed by atoms with van der Waals surface area (Å²) in [5.41, 5.74) is 0.730. The average Bonchev–Trinajstić information content (AvgIpc) is 2.43. The number of anilines is 1. The molecule has 112 valence electrons. The summed E-state index contributed by atoms with van der Waals surface area (Å²) in [7, 11) is 2.53. The Morgan fingerprint density at radius 3 is 2.29 bits per heavy atom. The highest BCUT2D eigenvalue weighted by molar-refractivity contribution is 6.04. The van der Waals surface area contributed by atoms with Gasteiger partial charge in [-0.05, 0) is 31.0 Å². The van der Waals surface area contributed by atoms with Gasteiger partial charge in [0.2, 0.25) is 5.91 Å². The minimum atomic E-state index is -0.574. The Morgan fingerprint density at radius 2 is 1.76 bits per heavy atom. The molecule has 0 aromatic heterocycles. The zero-order valence-corrected chi connectivity index (χ0v) is 12.0. The number of hydrogen-bond donors (Lipinski definition) is 1. The topological polar surface area (TPSA) is 81.7 Å². The number of rotatable bonds is 4. The first kappa shape index (κ1) is 15.0. The van der Waals surface area contributed by atoms with E-state index in [4.69, 9.17) is 0 Å². The Balaban J connectivity index is 2.30. The number of carbonyl (C=O) groups excluding carboxylic acids is 3. The minimum Gasteiger partial charge on any atom is -0.465 e. The SMILES string of the molecule is COC(=O)c1ccc(C(=O)OC)c(NC(=O)C2CCC2)c1. The van der Waals surface area contributed by atoms with Gasteiger partial charge in [-0.25, -0.2) is 9.59 Å². The Kier molecular flexibility index (Phi) is 4.57. The molecule has 21 heavy (non-hydrogen) atoms. The molecule has 0 saturated heterocycles. The molecule has 0 spiro atoms. The molecule has 1 aromatic carbocycles. The molecule has 1 aliphatic rings. The van der Waals surface area contributed by atoms with E-state index in [-0.39, 0.29) is 28.6 Å². The van der Waals surface area contributed by atoms with Gasteiger partial charge in [-0.2, -0.15) is 0 Å². The van der Waals surface area contributed by atoms with Crippen molar-refractivity contribution in [3.8, 4) is 0 Å². The van der Waals surface area contributed by atoms with Crippen molar-refractivity contribution < 1.29 is 23.9 Å². The summed E-state index contributed by atoms with van der Waals surface area (Å²) in [5.74, 6) is -1.29. The molecule has 1 N–H and O–H groups in total. The van der Waals surface area contributed by atoms with Gasteiger partial charge in [-0.1, -0.05) is 6.42 Å². The zero-order chi connectivity index (χ0) is 15.4. The van der Waals surface area contributed by atoms with Crippen molar-refractivity contribution in [3.05, 3.63) is 29.3 Å². The lowest BCUT2D eigenvalue weighted by Gasteiger charge is -2.24. The first-order chi connectivity index (χ1) is 10.1. The highest BCUT2D eigenvalue weighted by atomic mass is 16.5. The second-order valence-corrected chi connectivity index (χ2v) is 4.86. The third-order valence-corrected chi connectivity index (χ3v) is 3.58. The van der Waals surface area contributed by atoms with Gasteiger partial charge in [0.25, 0.3) is 0 Å². The number of carbonyl (C=O) groups is 3. The summed E-state index contributed by atoms with van der Waals surface area (Å²) in [6, 6.07) is 4.32. The summed E-state index contributed by atoms with van der Waals surface area (Å²) < 4.78 is 9.31. The van der Waals surface area contributed by atoms with E-state index >= 15 is 0 Å². The molecule has 1 saturated carbocycles. The van der Waals surface area contributed by atoms with Crippen LogP contribution in [0.15, 0.2) is 18.2 Å². The van der Waals surface area contributed by atoms with E-state index in [0.717, 1.165) is 19.3 Å². The predicted molar refractivity (Wildman–Crippen MR) is 75.1 cm³/mol. The van der Waals surface area contributed by atoms with Gasteiger partial charge in [0.15, 0.2) is 0 Å². The van der Waals surface area contributed by atoms with Crippen molar-refractivity contribution in [3.63, 3.8) is 0 Å². The molecule has 0 atom stereocenters. The van der Waals surface area contributed by atoms with E-state index in [1.54, 1.807) is 0 Å². The molecule has 2 rings (SSSR count). The first-order valence-corrected chi connectivity index (χ1v) is 6.68. The van der Waals surface area contributed by atoms with Crippen molar-refractivity contribution in [1.82, 2.24) is 0 Å². The molecule has 0 bridgehead atoms. The predicted octanol–water partition coefficient (Wildman–Crippen LogP) is 2.00. The van der Waals surface area contributed by atoms with E-state index in [9.17, 15) is 14.4 Å². The molecule has 0 heterocycles. The van der Waals surface area contributed by atoms with Crippen LogP contribution in [0.3, 0.4) is 0 Å². The van der Waals surface area contributed by atoms with Crippen LogP contribution in [0.4, 0.5) is 5.69 Å². The highest BCUT2D eigenvalue weighted by Gasteiger charge is 2.26. The smallest absolute Gasteiger partial charge is 0.339 e. The van der Waals surface area contributed by atoms with Gasteiger partial charge in [0, 0.05) is 5.92 Å². The zero-order valence-electron chi connectivity index (χ0n) is 12.0. The molecule has 1 aromatic rings. The fraction of sp³-hybridized carbons (Fsp3) is 0.400. The minimum absolute atomic E-state index is 0.0303. The second kappa shape index (κ2) is 6.39. The molecule has 0 aliphatic heterocycles. The Hall–Kier alpha value is -2.37. The van der Waals surface area contributed by atoms with Gasteiger partial charge in [-0.15, -0.1) is 0 Å². The van der Waals surface area contributed by atoms with Crippen LogP contribution in [0.2, 0.25) is 0 Å². The third kappa shape index (κ3) is 3.21. The van der Waals surface area contributed by atoms with Crippen molar-refractivity contribution in [2.24, 2.45) is 5.92 Å². The monoisotopic (exact) mass is 291 g/mol. The number of hydrogen-bond acceptors (Lipinski definition) is 5. The Labute approximate surface area is 122 Å². The molecular formula is C15H17NO5. The van der Waals surface area contributed by atoms with E-state index in [1.165, 1.54) is 32.4 Å². The first-order valence-electron chi connectivity index (χ1n) is 6.68. The number of esters is 2. The maximum atomic E-state index is 12.0. The van der Waals surface area contributed by atoms with Crippen LogP contribution in [0.5, 0.6) is 0 Å². The summed E-state index contributed by atoms with van der Waals surface area (Å²) in [6.45, 7) is 0. The van der Waals surface area contributed by atoms with Crippen LogP contribution >= 0.6 is 0 Å². The molecule has 6 heteroatoms. The van der Waals surface area contributed by atoms with E-state index in [2.05, 4.69) is 14.8 Å². The van der Waals surface area contributed by atoms with Gasteiger partial charge in [-0.3, -0.25) is 4.79 Å². The largest absolute Gasteiger partial charge is 0.465 e. The van der Waals surface area contributed by atoms with Crippen molar-refractivity contribution in [2.75, 3.05) is 19.5 Å².